The summed E-state index contributed by atoms with van der Waals surface area (Å²) >= 11 is 1.83. The molecule has 1 heterocycles. The number of anilines is 1. The van der Waals surface area contributed by atoms with E-state index in [0.717, 1.165) is 30.1 Å². The van der Waals surface area contributed by atoms with E-state index in [0.29, 0.717) is 18.1 Å². The van der Waals surface area contributed by atoms with Crippen LogP contribution in [0.1, 0.15) is 102 Å². The van der Waals surface area contributed by atoms with E-state index in [9.17, 15) is 4.79 Å². The number of allylic oxidation sites excluding steroid dienone is 1. The van der Waals surface area contributed by atoms with Crippen LogP contribution in [0.3, 0.4) is 0 Å². The van der Waals surface area contributed by atoms with Gasteiger partial charge >= 0.3 is 0 Å². The van der Waals surface area contributed by atoms with Gasteiger partial charge in [0.25, 0.3) is 0 Å². The molecule has 0 atom stereocenters. The van der Waals surface area contributed by atoms with E-state index in [2.05, 4.69) is 41.6 Å². The molecule has 7 heteroatoms. The summed E-state index contributed by atoms with van der Waals surface area (Å²) in [6.07, 6.45) is 16.0. The van der Waals surface area contributed by atoms with Crippen molar-refractivity contribution in [2.45, 2.75) is 104 Å². The Balaban J connectivity index is 0.00000588. The summed E-state index contributed by atoms with van der Waals surface area (Å²) in [4.78, 5) is 15.3. The molecule has 228 valence electrons. The second kappa shape index (κ2) is 20.7. The zero-order valence-electron chi connectivity index (χ0n) is 25.4. The summed E-state index contributed by atoms with van der Waals surface area (Å²) in [7, 11) is 1.65. The number of benzene rings is 2. The highest BCUT2D eigenvalue weighted by molar-refractivity contribution is 8.93. The van der Waals surface area contributed by atoms with Gasteiger partial charge in [0.2, 0.25) is 5.91 Å². The highest BCUT2D eigenvalue weighted by Crippen LogP contribution is 2.32. The van der Waals surface area contributed by atoms with Gasteiger partial charge in [0.15, 0.2) is 11.5 Å². The molecule has 5 nitrogen and oxygen atoms in total. The summed E-state index contributed by atoms with van der Waals surface area (Å²) in [5.74, 6) is 2.30. The number of nitrogens with zero attached hydrogens (tertiary/aromatic N) is 1. The van der Waals surface area contributed by atoms with Crippen molar-refractivity contribution < 1.29 is 14.3 Å². The fourth-order valence-corrected chi connectivity index (χ4v) is 5.97. The number of methoxy groups -OCH3 is 1. The van der Waals surface area contributed by atoms with E-state index < -0.39 is 0 Å². The lowest BCUT2D eigenvalue weighted by Crippen LogP contribution is -2.17. The average molecular weight is 648 g/mol. The fraction of sp³-hybridized carbons (Fsp3) is 0.559. The van der Waals surface area contributed by atoms with Gasteiger partial charge in [-0.1, -0.05) is 102 Å². The fourth-order valence-electron chi connectivity index (χ4n) is 5.03. The molecular formula is C34H51BrN2O3S. The van der Waals surface area contributed by atoms with Crippen molar-refractivity contribution in [2.24, 2.45) is 0 Å². The first kappa shape index (κ1) is 35.1. The second-order valence-electron chi connectivity index (χ2n) is 10.9. The molecule has 0 aromatic heterocycles. The Bertz CT molecular complexity index is 1040. The third-order valence-electron chi connectivity index (χ3n) is 7.47. The number of hydrogen-bond acceptors (Lipinski definition) is 5. The smallest absolute Gasteiger partial charge is 0.228 e. The van der Waals surface area contributed by atoms with Crippen LogP contribution < -0.4 is 14.8 Å². The third-order valence-corrected chi connectivity index (χ3v) is 8.44. The van der Waals surface area contributed by atoms with Crippen molar-refractivity contribution >= 4 is 40.3 Å². The van der Waals surface area contributed by atoms with Gasteiger partial charge < -0.3 is 19.7 Å². The van der Waals surface area contributed by atoms with E-state index >= 15 is 0 Å². The molecule has 0 spiro atoms. The first-order valence-electron chi connectivity index (χ1n) is 15.3. The Morgan fingerprint density at radius 2 is 1.54 bits per heavy atom. The predicted molar refractivity (Wildman–Crippen MR) is 180 cm³/mol. The van der Waals surface area contributed by atoms with Crippen molar-refractivity contribution in [1.29, 1.82) is 0 Å². The van der Waals surface area contributed by atoms with Crippen molar-refractivity contribution in [2.75, 3.05) is 24.9 Å². The minimum absolute atomic E-state index is 0. The molecule has 1 aliphatic heterocycles. The summed E-state index contributed by atoms with van der Waals surface area (Å²) in [6.45, 7) is 5.93. The van der Waals surface area contributed by atoms with E-state index in [1.54, 1.807) is 7.11 Å². The Labute approximate surface area is 263 Å². The summed E-state index contributed by atoms with van der Waals surface area (Å²) in [5, 5.41) is 5.24. The van der Waals surface area contributed by atoms with Gasteiger partial charge in [-0.25, -0.2) is 0 Å². The van der Waals surface area contributed by atoms with Crippen LogP contribution in [0.15, 0.2) is 53.6 Å². The first-order chi connectivity index (χ1) is 19.6. The number of rotatable bonds is 20. The lowest BCUT2D eigenvalue weighted by atomic mass is 10.1. The molecule has 0 unspecified atom stereocenters. The maximum absolute atomic E-state index is 12.9. The number of nitrogens with one attached hydrogen (secondary N) is 1. The van der Waals surface area contributed by atoms with Crippen molar-refractivity contribution in [3.05, 3.63) is 64.7 Å². The summed E-state index contributed by atoms with van der Waals surface area (Å²) in [5.41, 5.74) is 4.19. The van der Waals surface area contributed by atoms with E-state index in [-0.39, 0.29) is 29.3 Å². The van der Waals surface area contributed by atoms with Crippen LogP contribution in [-0.4, -0.2) is 30.4 Å². The Kier molecular flexibility index (Phi) is 17.7. The van der Waals surface area contributed by atoms with E-state index in [4.69, 9.17) is 9.47 Å². The molecule has 1 amide bonds. The van der Waals surface area contributed by atoms with Gasteiger partial charge in [0.05, 0.1) is 26.0 Å². The summed E-state index contributed by atoms with van der Waals surface area (Å²) in [6, 6.07) is 13.9. The molecule has 0 saturated heterocycles. The van der Waals surface area contributed by atoms with Crippen LogP contribution in [0.4, 0.5) is 5.69 Å². The maximum atomic E-state index is 12.9. The zero-order valence-corrected chi connectivity index (χ0v) is 28.0. The molecule has 0 saturated carbocycles. The SMILES string of the molecule is Br.CCCCCCCCCCCCCCOc1c(CC(=O)Nc2ccc(CN3CSC=C3C)cc2)cccc1OC. The Morgan fingerprint density at radius 1 is 0.902 bits per heavy atom. The number of carbonyl (C=O) groups is 1. The number of halogens is 1. The standard InChI is InChI=1S/C34H50N2O3S.BrH/c1-4-5-6-7-8-9-10-11-12-13-14-15-23-39-34-30(17-16-18-32(34)38-3)24-33(37)35-31-21-19-29(20-22-31)25-36-27-40-26-28(36)2;/h16-22,26H,4-15,23-25,27H2,1-3H3,(H,35,37);1H. The maximum Gasteiger partial charge on any atom is 0.228 e. The normalized spacial score (nSPS) is 12.6. The minimum atomic E-state index is -0.0639. The molecule has 41 heavy (non-hydrogen) atoms. The molecule has 3 rings (SSSR count). The van der Waals surface area contributed by atoms with E-state index in [1.807, 2.05) is 42.1 Å². The van der Waals surface area contributed by atoms with Crippen LogP contribution >= 0.6 is 28.7 Å². The van der Waals surface area contributed by atoms with E-state index in [1.165, 1.54) is 81.9 Å². The van der Waals surface area contributed by atoms with Crippen molar-refractivity contribution in [1.82, 2.24) is 4.90 Å². The predicted octanol–water partition coefficient (Wildman–Crippen LogP) is 9.90. The number of hydrogen-bond donors (Lipinski definition) is 1. The number of ether oxygens (including phenoxy) is 2. The minimum Gasteiger partial charge on any atom is -0.493 e. The van der Waals surface area contributed by atoms with Gasteiger partial charge in [0.1, 0.15) is 0 Å². The number of unbranched alkanes of at least 4 members (excludes halogenated alkanes) is 11. The lowest BCUT2D eigenvalue weighted by Gasteiger charge is -2.19. The van der Waals surface area contributed by atoms with Gasteiger partial charge in [-0.15, -0.1) is 28.7 Å². The van der Waals surface area contributed by atoms with Gasteiger partial charge in [-0.3, -0.25) is 4.79 Å². The highest BCUT2D eigenvalue weighted by atomic mass is 79.9. The number of amides is 1. The van der Waals surface area contributed by atoms with Crippen LogP contribution in [0, 0.1) is 0 Å². The number of para-hydroxylation sites is 1. The van der Waals surface area contributed by atoms with Crippen LogP contribution in [0.25, 0.3) is 0 Å². The van der Waals surface area contributed by atoms with Gasteiger partial charge in [-0.05, 0) is 42.5 Å². The number of carbonyl (C=O) groups excluding carboxylic acids is 1. The molecular weight excluding hydrogens is 596 g/mol. The van der Waals surface area contributed by atoms with Gasteiger partial charge in [-0.2, -0.15) is 0 Å². The first-order valence-corrected chi connectivity index (χ1v) is 16.4. The Morgan fingerprint density at radius 3 is 2.12 bits per heavy atom. The average Bonchev–Trinajstić information content (AvgIpc) is 3.36. The molecule has 1 aliphatic rings. The molecule has 0 radical (unpaired) electrons. The monoisotopic (exact) mass is 646 g/mol. The molecule has 0 aliphatic carbocycles. The van der Waals surface area contributed by atoms with Gasteiger partial charge in [0, 0.05) is 23.5 Å². The Hall–Kier alpha value is -2.12. The topological polar surface area (TPSA) is 50.8 Å². The van der Waals surface area contributed by atoms with Crippen LogP contribution in [-0.2, 0) is 17.8 Å². The zero-order chi connectivity index (χ0) is 28.4. The van der Waals surface area contributed by atoms with Crippen molar-refractivity contribution in [3.63, 3.8) is 0 Å². The quantitative estimate of drug-likeness (QED) is 0.145. The molecule has 0 bridgehead atoms. The highest BCUT2D eigenvalue weighted by Gasteiger charge is 2.15. The molecule has 1 N–H and O–H groups in total. The molecule has 0 fully saturated rings. The third kappa shape index (κ3) is 13.2. The van der Waals surface area contributed by atoms with Crippen LogP contribution in [0.5, 0.6) is 11.5 Å². The number of thioether (sulfide) groups is 1. The second-order valence-corrected chi connectivity index (χ2v) is 11.7. The summed E-state index contributed by atoms with van der Waals surface area (Å²) < 4.78 is 11.7. The lowest BCUT2D eigenvalue weighted by molar-refractivity contribution is -0.115. The largest absolute Gasteiger partial charge is 0.493 e. The van der Waals surface area contributed by atoms with Crippen LogP contribution in [0.2, 0.25) is 0 Å². The van der Waals surface area contributed by atoms with Crippen molar-refractivity contribution in [3.8, 4) is 11.5 Å². The molecule has 2 aromatic rings. The molecule has 2 aromatic carbocycles.